The van der Waals surface area contributed by atoms with Gasteiger partial charge in [0.1, 0.15) is 36.1 Å². The molecule has 1 heterocycles. The summed E-state index contributed by atoms with van der Waals surface area (Å²) in [6.07, 6.45) is -1.84. The van der Waals surface area contributed by atoms with Crippen molar-refractivity contribution in [2.75, 3.05) is 6.61 Å². The lowest BCUT2D eigenvalue weighted by Crippen LogP contribution is -2.84. The average Bonchev–Trinajstić information content (AvgIpc) is 3.20. The molecule has 1 aliphatic heterocycles. The Kier molecular flexibility index (Phi) is 9.27. The van der Waals surface area contributed by atoms with Gasteiger partial charge in [0.05, 0.1) is 17.1 Å². The van der Waals surface area contributed by atoms with Crippen molar-refractivity contribution in [3.05, 3.63) is 72.3 Å². The molecule has 252 valence electrons. The van der Waals surface area contributed by atoms with Crippen LogP contribution < -0.4 is 4.74 Å². The number of para-hydroxylation sites is 1. The summed E-state index contributed by atoms with van der Waals surface area (Å²) in [5, 5.41) is 12.5. The van der Waals surface area contributed by atoms with Crippen molar-refractivity contribution in [3.8, 4) is 5.75 Å². The van der Waals surface area contributed by atoms with Gasteiger partial charge in [0.25, 0.3) is 0 Å². The van der Waals surface area contributed by atoms with E-state index in [0.717, 1.165) is 5.56 Å². The fraction of sp³-hybridized carbons (Fsp3) is 0.500. The highest BCUT2D eigenvalue weighted by Gasteiger charge is 2.87. The van der Waals surface area contributed by atoms with Gasteiger partial charge < -0.3 is 33.5 Å². The number of benzene rings is 2. The maximum absolute atomic E-state index is 13.6. The largest absolute Gasteiger partial charge is 0.486 e. The summed E-state index contributed by atoms with van der Waals surface area (Å²) in [5.74, 6) is -3.21. The summed E-state index contributed by atoms with van der Waals surface area (Å²) >= 11 is 0. The average molecular weight is 651 g/mol. The van der Waals surface area contributed by atoms with Crippen LogP contribution in [0.3, 0.4) is 0 Å². The van der Waals surface area contributed by atoms with Crippen LogP contribution in [0.25, 0.3) is 6.08 Å². The Hall–Kier alpha value is -4.22. The molecule has 1 spiro atoms. The number of ether oxygens (including phenoxy) is 6. The van der Waals surface area contributed by atoms with E-state index < -0.39 is 83.0 Å². The Morgan fingerprint density at radius 3 is 2.06 bits per heavy atom. The van der Waals surface area contributed by atoms with Gasteiger partial charge in [0.15, 0.2) is 11.7 Å². The predicted octanol–water partition coefficient (Wildman–Crippen LogP) is 4.19. The second-order valence-corrected chi connectivity index (χ2v) is 13.2. The lowest BCUT2D eigenvalue weighted by atomic mass is 9.46. The smallest absolute Gasteiger partial charge is 0.331 e. The molecule has 2 saturated carbocycles. The number of rotatable bonds is 9. The van der Waals surface area contributed by atoms with Crippen molar-refractivity contribution in [2.24, 2.45) is 11.3 Å². The Morgan fingerprint density at radius 2 is 1.47 bits per heavy atom. The Labute approximate surface area is 274 Å². The zero-order valence-corrected chi connectivity index (χ0v) is 27.5. The predicted molar refractivity (Wildman–Crippen MR) is 168 cm³/mol. The first-order valence-electron chi connectivity index (χ1n) is 15.7. The Balaban J connectivity index is 1.78. The molecule has 3 aliphatic rings. The van der Waals surface area contributed by atoms with Crippen LogP contribution in [0.2, 0.25) is 0 Å². The molecular weight excluding hydrogens is 608 g/mol. The van der Waals surface area contributed by atoms with Crippen LogP contribution in [0, 0.1) is 11.3 Å². The van der Waals surface area contributed by atoms with Crippen LogP contribution in [0.4, 0.5) is 0 Å². The van der Waals surface area contributed by atoms with Gasteiger partial charge in [-0.2, -0.15) is 0 Å². The van der Waals surface area contributed by atoms with Gasteiger partial charge in [-0.3, -0.25) is 14.4 Å². The summed E-state index contributed by atoms with van der Waals surface area (Å²) in [4.78, 5) is 51.8. The maximum atomic E-state index is 13.6. The van der Waals surface area contributed by atoms with E-state index in [0.29, 0.717) is 5.75 Å². The van der Waals surface area contributed by atoms with Crippen LogP contribution in [0.5, 0.6) is 5.75 Å². The normalized spacial score (nSPS) is 33.7. The molecule has 47 heavy (non-hydrogen) atoms. The third kappa shape index (κ3) is 6.02. The maximum Gasteiger partial charge on any atom is 0.331 e. The van der Waals surface area contributed by atoms with Gasteiger partial charge in [-0.05, 0) is 57.4 Å². The zero-order chi connectivity index (χ0) is 34.2. The molecular formula is C36H42O11. The molecule has 11 nitrogen and oxygen atoms in total. The highest BCUT2D eigenvalue weighted by molar-refractivity contribution is 5.87. The molecule has 11 heteroatoms. The summed E-state index contributed by atoms with van der Waals surface area (Å²) < 4.78 is 37.8. The molecule has 2 bridgehead atoms. The molecule has 0 aromatic heterocycles. The van der Waals surface area contributed by atoms with Crippen molar-refractivity contribution in [1.82, 2.24) is 0 Å². The molecule has 2 aromatic carbocycles. The van der Waals surface area contributed by atoms with Crippen LogP contribution in [0.15, 0.2) is 66.7 Å². The molecule has 2 aromatic rings. The van der Waals surface area contributed by atoms with Crippen molar-refractivity contribution in [2.45, 2.75) is 95.6 Å². The Morgan fingerprint density at radius 1 is 0.851 bits per heavy atom. The number of fused-ring (bicyclic) bond motifs is 1. The minimum Gasteiger partial charge on any atom is -0.486 e. The van der Waals surface area contributed by atoms with E-state index in [4.69, 9.17) is 28.4 Å². The second-order valence-electron chi connectivity index (χ2n) is 13.2. The van der Waals surface area contributed by atoms with E-state index in [-0.39, 0.29) is 12.8 Å². The second kappa shape index (κ2) is 12.8. The van der Waals surface area contributed by atoms with E-state index >= 15 is 0 Å². The number of carbonyl (C=O) groups is 4. The Bertz CT molecular complexity index is 1520. The van der Waals surface area contributed by atoms with E-state index in [9.17, 15) is 24.3 Å². The SMILES string of the molecule is CC(=O)OC[C@@]12[C@@H](OC(=O)/C=C\c3ccccc3)CC[C@](C)(O)[C@]13OC(C)(C)[C@H]([C@@H](OC(C)=O)[C@H]2Oc1ccccc1)[C@H]3OC(C)=O. The van der Waals surface area contributed by atoms with Crippen LogP contribution in [0.1, 0.15) is 59.9 Å². The molecule has 5 rings (SSSR count). The summed E-state index contributed by atoms with van der Waals surface area (Å²) in [6, 6.07) is 17.9. The quantitative estimate of drug-likeness (QED) is 0.237. The van der Waals surface area contributed by atoms with E-state index in [2.05, 4.69) is 0 Å². The first kappa shape index (κ1) is 34.1. The van der Waals surface area contributed by atoms with Gasteiger partial charge >= 0.3 is 23.9 Å². The van der Waals surface area contributed by atoms with Crippen molar-refractivity contribution >= 4 is 30.0 Å². The summed E-state index contributed by atoms with van der Waals surface area (Å²) in [5.41, 5.74) is -5.89. The van der Waals surface area contributed by atoms with Crippen molar-refractivity contribution in [3.63, 3.8) is 0 Å². The van der Waals surface area contributed by atoms with Gasteiger partial charge in [-0.25, -0.2) is 4.79 Å². The van der Waals surface area contributed by atoms with Gasteiger partial charge in [0.2, 0.25) is 0 Å². The summed E-state index contributed by atoms with van der Waals surface area (Å²) in [7, 11) is 0. The molecule has 1 N–H and O–H groups in total. The topological polar surface area (TPSA) is 144 Å². The van der Waals surface area contributed by atoms with E-state index in [1.54, 1.807) is 57.2 Å². The molecule has 0 radical (unpaired) electrons. The highest BCUT2D eigenvalue weighted by atomic mass is 16.6. The number of esters is 4. The molecule has 0 unspecified atom stereocenters. The fourth-order valence-electron chi connectivity index (χ4n) is 8.03. The number of carbonyl (C=O) groups excluding carboxylic acids is 4. The highest BCUT2D eigenvalue weighted by Crippen LogP contribution is 2.69. The zero-order valence-electron chi connectivity index (χ0n) is 27.5. The number of hydrogen-bond donors (Lipinski definition) is 1. The molecule has 0 amide bonds. The molecule has 8 atom stereocenters. The van der Waals surface area contributed by atoms with Crippen molar-refractivity contribution < 1.29 is 52.7 Å². The first-order chi connectivity index (χ1) is 22.1. The standard InChI is InChI=1S/C36H42O11/c1-22(37)42-21-35-27(46-28(40)18-17-25-13-9-7-10-14-25)19-20-34(6,41)36(35)31(44-24(3)39)29(33(4,5)47-36)30(43-23(2)38)32(35)45-26-15-11-8-12-16-26/h7-18,27,29-32,41H,19-21H2,1-6H3/b18-17-/t27-,29+,30+,31+,32+,34-,35-,36-/m0/s1. The molecule has 1 saturated heterocycles. The van der Waals surface area contributed by atoms with E-state index in [1.807, 2.05) is 30.3 Å². The van der Waals surface area contributed by atoms with Crippen LogP contribution in [-0.2, 0) is 42.9 Å². The van der Waals surface area contributed by atoms with Gasteiger partial charge in [-0.15, -0.1) is 0 Å². The third-order valence-electron chi connectivity index (χ3n) is 9.66. The minimum atomic E-state index is -1.89. The molecule has 3 fully saturated rings. The molecule has 2 aliphatic carbocycles. The van der Waals surface area contributed by atoms with E-state index in [1.165, 1.54) is 26.8 Å². The minimum absolute atomic E-state index is 0.0476. The van der Waals surface area contributed by atoms with Crippen molar-refractivity contribution in [1.29, 1.82) is 0 Å². The van der Waals surface area contributed by atoms with Crippen LogP contribution in [-0.4, -0.2) is 76.8 Å². The van der Waals surface area contributed by atoms with Crippen LogP contribution >= 0.6 is 0 Å². The number of hydrogen-bond acceptors (Lipinski definition) is 11. The lowest BCUT2D eigenvalue weighted by Gasteiger charge is -2.65. The monoisotopic (exact) mass is 650 g/mol. The number of aliphatic hydroxyl groups is 1. The fourth-order valence-corrected chi connectivity index (χ4v) is 8.03. The summed E-state index contributed by atoms with van der Waals surface area (Å²) in [6.45, 7) is 8.24. The van der Waals surface area contributed by atoms with Gasteiger partial charge in [-0.1, -0.05) is 48.5 Å². The first-order valence-corrected chi connectivity index (χ1v) is 15.7. The lowest BCUT2D eigenvalue weighted by molar-refractivity contribution is -0.346. The van der Waals surface area contributed by atoms with Gasteiger partial charge in [0, 0.05) is 26.8 Å². The third-order valence-corrected chi connectivity index (χ3v) is 9.66.